The number of nitrogens with one attached hydrogen (secondary N) is 1. The number of esters is 1. The maximum absolute atomic E-state index is 13.4. The van der Waals surface area contributed by atoms with Gasteiger partial charge >= 0.3 is 13.8 Å². The van der Waals surface area contributed by atoms with Gasteiger partial charge in [-0.1, -0.05) is 237 Å². The monoisotopic (exact) mass is 1020 g/mol. The van der Waals surface area contributed by atoms with Crippen LogP contribution < -0.4 is 5.32 Å². The Kier molecular flexibility index (Phi) is 50.0. The number of unbranched alkanes of at least 4 members (excludes halogenated alkanes) is 32. The normalized spacial score (nSPS) is 14.1. The zero-order chi connectivity index (χ0) is 52.2. The lowest BCUT2D eigenvalue weighted by Crippen LogP contribution is -2.47. The number of nitrogens with zero attached hydrogens (tertiary/aromatic N) is 1. The summed E-state index contributed by atoms with van der Waals surface area (Å²) in [6.45, 7) is 6.96. The van der Waals surface area contributed by atoms with Crippen LogP contribution in [-0.2, 0) is 27.9 Å². The van der Waals surface area contributed by atoms with E-state index < -0.39 is 20.0 Å². The van der Waals surface area contributed by atoms with Crippen molar-refractivity contribution in [2.24, 2.45) is 0 Å². The molecule has 0 aromatic rings. The van der Waals surface area contributed by atoms with Gasteiger partial charge < -0.3 is 19.4 Å². The van der Waals surface area contributed by atoms with Gasteiger partial charge in [0.1, 0.15) is 19.3 Å². The van der Waals surface area contributed by atoms with Gasteiger partial charge in [-0.05, 0) is 76.7 Å². The Morgan fingerprint density at radius 3 is 1.31 bits per heavy atom. The fourth-order valence-corrected chi connectivity index (χ4v) is 9.31. The number of carbonyl (C=O) groups is 2. The molecule has 3 unspecified atom stereocenters. The summed E-state index contributed by atoms with van der Waals surface area (Å²) in [6, 6.07) is -0.876. The van der Waals surface area contributed by atoms with Gasteiger partial charge in [-0.3, -0.25) is 18.6 Å². The molecule has 71 heavy (non-hydrogen) atoms. The molecule has 3 atom stereocenters. The van der Waals surface area contributed by atoms with Gasteiger partial charge in [0.15, 0.2) is 0 Å². The average Bonchev–Trinajstić information content (AvgIpc) is 3.33. The fourth-order valence-electron chi connectivity index (χ4n) is 8.57. The zero-order valence-corrected chi connectivity index (χ0v) is 48.4. The SMILES string of the molecule is CCCCCCCC/C=C\C/C=C/CCC(=O)NC(COP(=O)(O)OCC[N+](C)(C)C)C(/C=C\CCCCCCCCCCC)OC(=O)CCCCCCCCCCCCC/C=C/CCCCCCCC. The predicted octanol–water partition coefficient (Wildman–Crippen LogP) is 18.1. The van der Waals surface area contributed by atoms with E-state index in [-0.39, 0.29) is 37.9 Å². The summed E-state index contributed by atoms with van der Waals surface area (Å²) in [5, 5.41) is 3.01. The number of carbonyl (C=O) groups excluding carboxylic acids is 2. The van der Waals surface area contributed by atoms with E-state index in [1.165, 1.54) is 186 Å². The maximum atomic E-state index is 13.4. The third kappa shape index (κ3) is 52.6. The number of hydrogen-bond acceptors (Lipinski definition) is 6. The summed E-state index contributed by atoms with van der Waals surface area (Å²) in [5.41, 5.74) is 0. The van der Waals surface area contributed by atoms with Gasteiger partial charge in [-0.15, -0.1) is 0 Å². The molecule has 0 radical (unpaired) electrons. The van der Waals surface area contributed by atoms with Crippen LogP contribution in [0.5, 0.6) is 0 Å². The highest BCUT2D eigenvalue weighted by Gasteiger charge is 2.30. The maximum Gasteiger partial charge on any atom is 0.472 e. The van der Waals surface area contributed by atoms with E-state index in [0.717, 1.165) is 51.4 Å². The van der Waals surface area contributed by atoms with Crippen LogP contribution in [0.3, 0.4) is 0 Å². The molecule has 0 saturated heterocycles. The molecule has 0 aliphatic rings. The quantitative estimate of drug-likeness (QED) is 0.0205. The number of phosphoric ester groups is 1. The summed E-state index contributed by atoms with van der Waals surface area (Å²) >= 11 is 0. The van der Waals surface area contributed by atoms with Crippen molar-refractivity contribution in [3.05, 3.63) is 48.6 Å². The van der Waals surface area contributed by atoms with Gasteiger partial charge in [0.25, 0.3) is 0 Å². The molecule has 0 spiro atoms. The first-order valence-electron chi connectivity index (χ1n) is 30.0. The molecular weight excluding hydrogens is 904 g/mol. The van der Waals surface area contributed by atoms with Crippen molar-refractivity contribution in [2.45, 2.75) is 290 Å². The lowest BCUT2D eigenvalue weighted by atomic mass is 10.0. The van der Waals surface area contributed by atoms with Crippen molar-refractivity contribution in [1.29, 1.82) is 0 Å². The average molecular weight is 1020 g/mol. The summed E-state index contributed by atoms with van der Waals surface area (Å²) < 4.78 is 30.6. The Balaban J connectivity index is 5.24. The largest absolute Gasteiger partial charge is 0.472 e. The second-order valence-electron chi connectivity index (χ2n) is 21.5. The Morgan fingerprint density at radius 1 is 0.493 bits per heavy atom. The first-order valence-corrected chi connectivity index (χ1v) is 31.5. The van der Waals surface area contributed by atoms with Gasteiger partial charge in [-0.25, -0.2) is 4.57 Å². The minimum absolute atomic E-state index is 0.0314. The van der Waals surface area contributed by atoms with Crippen LogP contribution in [0.2, 0.25) is 0 Å². The number of hydrogen-bond donors (Lipinski definition) is 2. The highest BCUT2D eigenvalue weighted by Crippen LogP contribution is 2.43. The number of amides is 1. The Hall–Kier alpha value is -2.03. The smallest absolute Gasteiger partial charge is 0.456 e. The van der Waals surface area contributed by atoms with Gasteiger partial charge in [0.2, 0.25) is 5.91 Å². The Labute approximate surface area is 439 Å². The van der Waals surface area contributed by atoms with Crippen LogP contribution in [0.15, 0.2) is 48.6 Å². The molecule has 0 aliphatic heterocycles. The van der Waals surface area contributed by atoms with E-state index in [0.29, 0.717) is 17.4 Å². The molecule has 0 aromatic heterocycles. The molecule has 1 amide bonds. The zero-order valence-electron chi connectivity index (χ0n) is 47.5. The van der Waals surface area contributed by atoms with Crippen molar-refractivity contribution in [3.63, 3.8) is 0 Å². The van der Waals surface area contributed by atoms with Crippen molar-refractivity contribution >= 4 is 19.7 Å². The minimum Gasteiger partial charge on any atom is -0.456 e. The summed E-state index contributed by atoms with van der Waals surface area (Å²) in [6.07, 6.45) is 62.7. The van der Waals surface area contributed by atoms with Crippen LogP contribution in [0.1, 0.15) is 278 Å². The lowest BCUT2D eigenvalue weighted by Gasteiger charge is -2.27. The van der Waals surface area contributed by atoms with E-state index in [1.54, 1.807) is 0 Å². The molecule has 416 valence electrons. The van der Waals surface area contributed by atoms with Gasteiger partial charge in [0, 0.05) is 12.8 Å². The molecule has 0 saturated carbocycles. The predicted molar refractivity (Wildman–Crippen MR) is 305 cm³/mol. The van der Waals surface area contributed by atoms with Crippen LogP contribution in [0, 0.1) is 0 Å². The second kappa shape index (κ2) is 51.5. The van der Waals surface area contributed by atoms with E-state index in [4.69, 9.17) is 13.8 Å². The Morgan fingerprint density at radius 2 is 0.873 bits per heavy atom. The molecule has 10 heteroatoms. The third-order valence-electron chi connectivity index (χ3n) is 13.3. The molecule has 2 N–H and O–H groups in total. The van der Waals surface area contributed by atoms with Gasteiger partial charge in [0.05, 0.1) is 33.8 Å². The van der Waals surface area contributed by atoms with E-state index in [1.807, 2.05) is 39.4 Å². The molecule has 0 bridgehead atoms. The summed E-state index contributed by atoms with van der Waals surface area (Å²) in [7, 11) is 1.47. The number of ether oxygens (including phenoxy) is 1. The van der Waals surface area contributed by atoms with Crippen molar-refractivity contribution in [2.75, 3.05) is 40.9 Å². The standard InChI is InChI=1S/C61H115N2O7P/c1-7-10-13-16-19-22-25-27-28-29-30-31-32-33-34-36-39-42-45-48-51-54-61(65)70-59(52-49-46-43-40-37-24-21-18-15-12-9-3)58(57-69-71(66,67)68-56-55-63(4,5)6)62-60(64)53-50-47-44-41-38-35-26-23-20-17-14-11-8-2/h27-28,35,38,44,47,49,52,58-59H,7-26,29-34,36-37,39-43,45-46,48,50-51,53-57H2,1-6H3,(H-,62,64,66,67)/p+1/b28-27+,38-35-,47-44+,52-49-. The van der Waals surface area contributed by atoms with Crippen molar-refractivity contribution in [1.82, 2.24) is 5.32 Å². The van der Waals surface area contributed by atoms with Crippen LogP contribution in [0.4, 0.5) is 0 Å². The molecular formula is C61H116N2O7P+. The molecule has 0 aromatic carbocycles. The number of quaternary nitrogens is 1. The number of phosphoric acid groups is 1. The first kappa shape index (κ1) is 69.0. The first-order chi connectivity index (χ1) is 34.4. The van der Waals surface area contributed by atoms with Crippen LogP contribution >= 0.6 is 7.82 Å². The number of allylic oxidation sites excluding steroid dienone is 7. The Bertz CT molecular complexity index is 1360. The molecule has 0 aliphatic carbocycles. The molecule has 9 nitrogen and oxygen atoms in total. The van der Waals surface area contributed by atoms with E-state index in [2.05, 4.69) is 56.5 Å². The van der Waals surface area contributed by atoms with Gasteiger partial charge in [-0.2, -0.15) is 0 Å². The number of likely N-dealkylation sites (N-methyl/N-ethyl adjacent to an activating group) is 1. The molecule has 0 fully saturated rings. The van der Waals surface area contributed by atoms with Crippen LogP contribution in [-0.4, -0.2) is 74.3 Å². The highest BCUT2D eigenvalue weighted by molar-refractivity contribution is 7.47. The summed E-state index contributed by atoms with van der Waals surface area (Å²) in [4.78, 5) is 37.5. The summed E-state index contributed by atoms with van der Waals surface area (Å²) in [5.74, 6) is -0.579. The fraction of sp³-hybridized carbons (Fsp3) is 0.836. The van der Waals surface area contributed by atoms with Crippen molar-refractivity contribution < 1.29 is 37.3 Å². The molecule has 0 heterocycles. The minimum atomic E-state index is -4.45. The van der Waals surface area contributed by atoms with Crippen LogP contribution in [0.25, 0.3) is 0 Å². The number of rotatable bonds is 54. The van der Waals surface area contributed by atoms with E-state index in [9.17, 15) is 19.0 Å². The third-order valence-corrected chi connectivity index (χ3v) is 14.2. The van der Waals surface area contributed by atoms with Crippen molar-refractivity contribution in [3.8, 4) is 0 Å². The lowest BCUT2D eigenvalue weighted by molar-refractivity contribution is -0.870. The van der Waals surface area contributed by atoms with E-state index >= 15 is 0 Å². The molecule has 0 rings (SSSR count). The highest BCUT2D eigenvalue weighted by atomic mass is 31.2. The second-order valence-corrected chi connectivity index (χ2v) is 23.0. The topological polar surface area (TPSA) is 111 Å².